The van der Waals surface area contributed by atoms with Crippen LogP contribution >= 0.6 is 0 Å². The Kier molecular flexibility index (Phi) is 5.58. The molecule has 0 atom stereocenters. The molecule has 2 aromatic rings. The zero-order chi connectivity index (χ0) is 15.9. The van der Waals surface area contributed by atoms with Crippen molar-refractivity contribution in [2.75, 3.05) is 13.1 Å². The highest BCUT2D eigenvalue weighted by Gasteiger charge is 2.18. The number of aromatic nitrogens is 1. The molecule has 0 unspecified atom stereocenters. The molecule has 2 rings (SSSR count). The number of pyridine rings is 1. The minimum atomic E-state index is -0.0923. The van der Waals surface area contributed by atoms with Crippen LogP contribution in [0, 0.1) is 0 Å². The van der Waals surface area contributed by atoms with Gasteiger partial charge in [-0.2, -0.15) is 0 Å². The predicted molar refractivity (Wildman–Crippen MR) is 85.0 cm³/mol. The van der Waals surface area contributed by atoms with Crippen molar-refractivity contribution in [1.82, 2.24) is 9.47 Å². The summed E-state index contributed by atoms with van der Waals surface area (Å²) in [6.07, 6.45) is 3.53. The summed E-state index contributed by atoms with van der Waals surface area (Å²) in [7, 11) is 0. The highest BCUT2D eigenvalue weighted by Crippen LogP contribution is 2.12. The zero-order valence-electron chi connectivity index (χ0n) is 13.1. The van der Waals surface area contributed by atoms with Crippen LogP contribution in [0.25, 0.3) is 0 Å². The normalized spacial score (nSPS) is 10.6. The summed E-state index contributed by atoms with van der Waals surface area (Å²) in [6.45, 7) is 5.87. The summed E-state index contributed by atoms with van der Waals surface area (Å²) < 4.78 is 7.17. The monoisotopic (exact) mass is 302 g/mol. The highest BCUT2D eigenvalue weighted by molar-refractivity contribution is 5.91. The molecule has 2 heterocycles. The lowest BCUT2D eigenvalue weighted by atomic mass is 10.3. The lowest BCUT2D eigenvalue weighted by Gasteiger charge is -2.19. The first-order chi connectivity index (χ1) is 10.7. The van der Waals surface area contributed by atoms with E-state index < -0.39 is 0 Å². The van der Waals surface area contributed by atoms with E-state index in [4.69, 9.17) is 4.42 Å². The largest absolute Gasteiger partial charge is 0.454 e. The number of amides is 1. The molecule has 0 aliphatic carbocycles. The fraction of sp³-hybridized carbons (Fsp3) is 0.412. The lowest BCUT2D eigenvalue weighted by Crippen LogP contribution is -2.32. The van der Waals surface area contributed by atoms with E-state index in [9.17, 15) is 9.59 Å². The van der Waals surface area contributed by atoms with Gasteiger partial charge in [-0.05, 0) is 31.0 Å². The van der Waals surface area contributed by atoms with Crippen LogP contribution in [0.5, 0.6) is 0 Å². The third-order valence-corrected chi connectivity index (χ3v) is 3.37. The number of carbonyl (C=O) groups excluding carboxylic acids is 1. The fourth-order valence-corrected chi connectivity index (χ4v) is 2.35. The van der Waals surface area contributed by atoms with E-state index in [1.165, 1.54) is 6.07 Å². The van der Waals surface area contributed by atoms with Crippen LogP contribution in [-0.4, -0.2) is 28.5 Å². The average Bonchev–Trinajstić information content (AvgIpc) is 2.97. The van der Waals surface area contributed by atoms with Crippen molar-refractivity contribution in [3.63, 3.8) is 0 Å². The summed E-state index contributed by atoms with van der Waals surface area (Å²) in [4.78, 5) is 25.9. The van der Waals surface area contributed by atoms with Crippen LogP contribution in [0.1, 0.15) is 43.0 Å². The van der Waals surface area contributed by atoms with Gasteiger partial charge in [-0.3, -0.25) is 9.59 Å². The van der Waals surface area contributed by atoms with Gasteiger partial charge in [0.05, 0.1) is 6.54 Å². The number of hydrogen-bond donors (Lipinski definition) is 0. The van der Waals surface area contributed by atoms with Crippen molar-refractivity contribution in [2.45, 2.75) is 33.2 Å². The van der Waals surface area contributed by atoms with E-state index in [0.29, 0.717) is 18.1 Å². The van der Waals surface area contributed by atoms with Crippen LogP contribution < -0.4 is 5.56 Å². The van der Waals surface area contributed by atoms with Gasteiger partial charge in [0.25, 0.3) is 11.5 Å². The van der Waals surface area contributed by atoms with Gasteiger partial charge in [-0.15, -0.1) is 0 Å². The lowest BCUT2D eigenvalue weighted by molar-refractivity contribution is 0.0721. The van der Waals surface area contributed by atoms with Gasteiger partial charge >= 0.3 is 0 Å². The number of rotatable bonds is 7. The van der Waals surface area contributed by atoms with Crippen molar-refractivity contribution in [3.05, 3.63) is 58.4 Å². The van der Waals surface area contributed by atoms with Crippen molar-refractivity contribution >= 4 is 5.91 Å². The SMILES string of the molecule is CCCN(CCC)C(=O)c1ccc(Cn2ccccc2=O)o1. The second kappa shape index (κ2) is 7.64. The number of furan rings is 1. The molecular weight excluding hydrogens is 280 g/mol. The molecule has 0 bridgehead atoms. The van der Waals surface area contributed by atoms with Gasteiger partial charge in [0, 0.05) is 25.4 Å². The first kappa shape index (κ1) is 16.1. The number of hydrogen-bond acceptors (Lipinski definition) is 3. The second-order valence-corrected chi connectivity index (χ2v) is 5.22. The Balaban J connectivity index is 2.12. The van der Waals surface area contributed by atoms with Gasteiger partial charge in [-0.1, -0.05) is 19.9 Å². The summed E-state index contributed by atoms with van der Waals surface area (Å²) >= 11 is 0. The Morgan fingerprint density at radius 3 is 2.50 bits per heavy atom. The minimum absolute atomic E-state index is 0.0876. The maximum Gasteiger partial charge on any atom is 0.289 e. The second-order valence-electron chi connectivity index (χ2n) is 5.22. The van der Waals surface area contributed by atoms with E-state index in [2.05, 4.69) is 0 Å². The molecule has 0 fully saturated rings. The molecule has 0 aromatic carbocycles. The van der Waals surface area contributed by atoms with E-state index in [-0.39, 0.29) is 11.5 Å². The van der Waals surface area contributed by atoms with Crippen molar-refractivity contribution in [1.29, 1.82) is 0 Å². The van der Waals surface area contributed by atoms with E-state index in [1.807, 2.05) is 13.8 Å². The summed E-state index contributed by atoms with van der Waals surface area (Å²) in [6, 6.07) is 8.43. The van der Waals surface area contributed by atoms with Gasteiger partial charge in [0.2, 0.25) is 0 Å². The van der Waals surface area contributed by atoms with E-state index in [0.717, 1.165) is 25.9 Å². The van der Waals surface area contributed by atoms with Crippen molar-refractivity contribution in [2.24, 2.45) is 0 Å². The molecule has 0 N–H and O–H groups in total. The molecule has 0 radical (unpaired) electrons. The Labute approximate surface area is 130 Å². The maximum absolute atomic E-state index is 12.4. The van der Waals surface area contributed by atoms with Gasteiger partial charge in [0.15, 0.2) is 5.76 Å². The maximum atomic E-state index is 12.4. The van der Waals surface area contributed by atoms with Crippen LogP contribution in [0.2, 0.25) is 0 Å². The van der Waals surface area contributed by atoms with E-state index >= 15 is 0 Å². The van der Waals surface area contributed by atoms with Crippen LogP contribution in [0.4, 0.5) is 0 Å². The third-order valence-electron chi connectivity index (χ3n) is 3.37. The summed E-state index contributed by atoms with van der Waals surface area (Å²) in [5, 5.41) is 0. The Morgan fingerprint density at radius 2 is 1.86 bits per heavy atom. The predicted octanol–water partition coefficient (Wildman–Crippen LogP) is 2.75. The molecule has 5 nitrogen and oxygen atoms in total. The zero-order valence-corrected chi connectivity index (χ0v) is 13.1. The quantitative estimate of drug-likeness (QED) is 0.790. The number of nitrogens with zero attached hydrogens (tertiary/aromatic N) is 2. The fourth-order valence-electron chi connectivity index (χ4n) is 2.35. The molecule has 0 saturated carbocycles. The van der Waals surface area contributed by atoms with Gasteiger partial charge in [0.1, 0.15) is 5.76 Å². The average molecular weight is 302 g/mol. The van der Waals surface area contributed by atoms with Crippen LogP contribution in [0.15, 0.2) is 45.7 Å². The van der Waals surface area contributed by atoms with Crippen molar-refractivity contribution in [3.8, 4) is 0 Å². The minimum Gasteiger partial charge on any atom is -0.454 e. The Hall–Kier alpha value is -2.30. The highest BCUT2D eigenvalue weighted by atomic mass is 16.4. The summed E-state index contributed by atoms with van der Waals surface area (Å²) in [5.41, 5.74) is -0.0923. The molecule has 5 heteroatoms. The van der Waals surface area contributed by atoms with Gasteiger partial charge < -0.3 is 13.9 Å². The van der Waals surface area contributed by atoms with Crippen LogP contribution in [-0.2, 0) is 6.54 Å². The molecule has 0 spiro atoms. The molecule has 0 aliphatic heterocycles. The smallest absolute Gasteiger partial charge is 0.289 e. The molecule has 2 aromatic heterocycles. The molecular formula is C17H22N2O3. The molecule has 0 aliphatic rings. The Morgan fingerprint density at radius 1 is 1.14 bits per heavy atom. The van der Waals surface area contributed by atoms with Gasteiger partial charge in [-0.25, -0.2) is 0 Å². The van der Waals surface area contributed by atoms with Crippen molar-refractivity contribution < 1.29 is 9.21 Å². The molecule has 0 saturated heterocycles. The first-order valence-electron chi connectivity index (χ1n) is 7.69. The Bertz CT molecular complexity index is 666. The molecule has 22 heavy (non-hydrogen) atoms. The first-order valence-corrected chi connectivity index (χ1v) is 7.69. The standard InChI is InChI=1S/C17H22N2O3/c1-3-10-18(11-4-2)17(21)15-9-8-14(22-15)13-19-12-6-5-7-16(19)20/h5-9,12H,3-4,10-11,13H2,1-2H3. The molecule has 118 valence electrons. The number of carbonyl (C=O) groups is 1. The third kappa shape index (κ3) is 3.87. The molecule has 1 amide bonds. The van der Waals surface area contributed by atoms with Crippen LogP contribution in [0.3, 0.4) is 0 Å². The summed E-state index contributed by atoms with van der Waals surface area (Å²) in [5.74, 6) is 0.848. The topological polar surface area (TPSA) is 55.5 Å². The van der Waals surface area contributed by atoms with E-state index in [1.54, 1.807) is 39.9 Å².